The number of carbonyl (C=O) groups excluding carboxylic acids is 3. The van der Waals surface area contributed by atoms with Crippen LogP contribution in [0.3, 0.4) is 0 Å². The maximum Gasteiger partial charge on any atom is 0.230 e. The fourth-order valence-electron chi connectivity index (χ4n) is 7.44. The molecule has 1 aromatic carbocycles. The van der Waals surface area contributed by atoms with E-state index in [9.17, 15) is 34.8 Å². The highest BCUT2D eigenvalue weighted by molar-refractivity contribution is 6.25. The number of amides is 1. The quantitative estimate of drug-likeness (QED) is 0.279. The van der Waals surface area contributed by atoms with Gasteiger partial charge >= 0.3 is 0 Å². The third kappa shape index (κ3) is 4.78. The predicted octanol–water partition coefficient (Wildman–Crippen LogP) is 2.18. The summed E-state index contributed by atoms with van der Waals surface area (Å²) in [6.45, 7) is 4.20. The Bertz CT molecular complexity index is 1530. The summed E-state index contributed by atoms with van der Waals surface area (Å²) in [5.74, 6) is -6.76. The smallest absolute Gasteiger partial charge is 0.230 e. The van der Waals surface area contributed by atoms with E-state index in [1.54, 1.807) is 31.3 Å². The minimum absolute atomic E-state index is 0.0506. The molecule has 0 radical (unpaired) electrons. The lowest BCUT2D eigenvalue weighted by atomic mass is 9.54. The van der Waals surface area contributed by atoms with Gasteiger partial charge < -0.3 is 35.8 Å². The van der Waals surface area contributed by atoms with Crippen LogP contribution in [0.2, 0.25) is 0 Å². The average molecular weight is 608 g/mol. The van der Waals surface area contributed by atoms with Crippen LogP contribution in [0.1, 0.15) is 49.8 Å². The summed E-state index contributed by atoms with van der Waals surface area (Å²) < 4.78 is 5.23. The van der Waals surface area contributed by atoms with Crippen molar-refractivity contribution in [3.63, 3.8) is 0 Å². The molecule has 3 unspecified atom stereocenters. The highest BCUT2D eigenvalue weighted by Crippen LogP contribution is 2.54. The summed E-state index contributed by atoms with van der Waals surface area (Å²) in [5, 5.41) is 46.3. The van der Waals surface area contributed by atoms with Crippen LogP contribution in [0.25, 0.3) is 16.9 Å². The van der Waals surface area contributed by atoms with Crippen LogP contribution in [-0.2, 0) is 27.2 Å². The molecule has 6 N–H and O–H groups in total. The van der Waals surface area contributed by atoms with Crippen molar-refractivity contribution < 1.29 is 39.5 Å². The van der Waals surface area contributed by atoms with Gasteiger partial charge in [-0.25, -0.2) is 4.98 Å². The van der Waals surface area contributed by atoms with Crippen molar-refractivity contribution in [3.8, 4) is 22.8 Å². The van der Waals surface area contributed by atoms with Crippen molar-refractivity contribution in [2.45, 2.75) is 63.7 Å². The molecule has 44 heavy (non-hydrogen) atoms. The Morgan fingerprint density at radius 2 is 1.95 bits per heavy atom. The minimum Gasteiger partial charge on any atom is -0.507 e. The predicted molar refractivity (Wildman–Crippen MR) is 162 cm³/mol. The first-order valence-electron chi connectivity index (χ1n) is 15.0. The van der Waals surface area contributed by atoms with E-state index in [1.165, 1.54) is 7.11 Å². The van der Waals surface area contributed by atoms with E-state index in [1.807, 2.05) is 12.1 Å². The number of methoxy groups -OCH3 is 1. The molecule has 1 amide bonds. The van der Waals surface area contributed by atoms with Crippen molar-refractivity contribution in [2.24, 2.45) is 29.4 Å². The molecule has 0 saturated heterocycles. The van der Waals surface area contributed by atoms with Crippen molar-refractivity contribution in [2.75, 3.05) is 21.2 Å². The maximum absolute atomic E-state index is 14.2. The molecule has 11 heteroatoms. The number of phenols is 1. The van der Waals surface area contributed by atoms with Crippen molar-refractivity contribution >= 4 is 23.2 Å². The number of hydrogen-bond acceptors (Lipinski definition) is 10. The van der Waals surface area contributed by atoms with Gasteiger partial charge in [0.15, 0.2) is 11.4 Å². The molecule has 1 heterocycles. The number of phenolic OH excluding ortho intramolecular Hbond substituents is 1. The number of rotatable bonds is 8. The number of aliphatic hydroxyl groups excluding tert-OH is 2. The topological polar surface area (TPSA) is 184 Å². The van der Waals surface area contributed by atoms with E-state index < -0.39 is 58.7 Å². The lowest BCUT2D eigenvalue weighted by Crippen LogP contribution is -2.73. The molecule has 236 valence electrons. The van der Waals surface area contributed by atoms with Crippen molar-refractivity contribution in [1.29, 1.82) is 0 Å². The second-order valence-corrected chi connectivity index (χ2v) is 12.7. The van der Waals surface area contributed by atoms with E-state index in [-0.39, 0.29) is 29.7 Å². The highest BCUT2D eigenvalue weighted by atomic mass is 16.5. The van der Waals surface area contributed by atoms with Crippen LogP contribution in [0.15, 0.2) is 30.0 Å². The zero-order chi connectivity index (χ0) is 32.2. The van der Waals surface area contributed by atoms with Crippen LogP contribution in [0.5, 0.6) is 11.6 Å². The molecule has 3 aliphatic carbocycles. The number of nitrogens with two attached hydrogens (primary N) is 1. The molecule has 11 nitrogen and oxygen atoms in total. The van der Waals surface area contributed by atoms with Crippen LogP contribution >= 0.6 is 0 Å². The molecule has 2 fully saturated rings. The van der Waals surface area contributed by atoms with Gasteiger partial charge in [0.05, 0.1) is 18.8 Å². The lowest BCUT2D eigenvalue weighted by Gasteiger charge is -2.53. The molecular weight excluding hydrogens is 566 g/mol. The Hall–Kier alpha value is -3.80. The summed E-state index contributed by atoms with van der Waals surface area (Å²) >= 11 is 0. The van der Waals surface area contributed by atoms with Gasteiger partial charge in [-0.15, -0.1) is 0 Å². The maximum atomic E-state index is 14.2. The van der Waals surface area contributed by atoms with Gasteiger partial charge in [0.2, 0.25) is 17.6 Å². The fourth-order valence-corrected chi connectivity index (χ4v) is 7.44. The molecule has 1 aromatic heterocycles. The van der Waals surface area contributed by atoms with Gasteiger partial charge in [0.25, 0.3) is 0 Å². The fraction of sp³-hybridized carbons (Fsp3) is 0.515. The van der Waals surface area contributed by atoms with E-state index >= 15 is 0 Å². The number of aryl methyl sites for hydroxylation is 1. The SMILES string of the molecule is CCC(C)CCc1cc(-c2ccc(OC)nc2)c2c(c1O)C(O)=C1C(=O)[C@@]3(O)C(=O)C(C(N)=O)C(O)[C@H](N(C)C)[C@H]3C[C@H]1C2. The summed E-state index contributed by atoms with van der Waals surface area (Å²) in [4.78, 5) is 46.0. The second-order valence-electron chi connectivity index (χ2n) is 12.7. The summed E-state index contributed by atoms with van der Waals surface area (Å²) in [6, 6.07) is 4.49. The van der Waals surface area contributed by atoms with Crippen LogP contribution in [0.4, 0.5) is 0 Å². The lowest BCUT2D eigenvalue weighted by molar-refractivity contribution is -0.184. The standard InChI is InChI=1S/C33H41N3O8/c1-6-15(2)7-8-16-11-19(17-9-10-22(44-5)35-14-17)20-12-18-13-21-26(36(3)4)29(39)25(32(34)42)31(41)33(21,43)30(40)23(18)28(38)24(20)27(16)37/h9-11,14-15,18,21,25-26,29,37-39,43H,6-8,12-13H2,1-5H3,(H2,34,42)/t15?,18-,21-,25?,26-,29?,33-/m1/s1. The van der Waals surface area contributed by atoms with E-state index in [0.717, 1.165) is 24.0 Å². The molecule has 5 rings (SSSR count). The minimum atomic E-state index is -2.70. The van der Waals surface area contributed by atoms with E-state index in [2.05, 4.69) is 18.8 Å². The van der Waals surface area contributed by atoms with E-state index in [4.69, 9.17) is 10.5 Å². The van der Waals surface area contributed by atoms with Gasteiger partial charge in [-0.2, -0.15) is 0 Å². The van der Waals surface area contributed by atoms with Crippen LogP contribution < -0.4 is 10.5 Å². The first-order valence-corrected chi connectivity index (χ1v) is 15.0. The third-order valence-corrected chi connectivity index (χ3v) is 10.0. The van der Waals surface area contributed by atoms with Crippen molar-refractivity contribution in [3.05, 3.63) is 46.7 Å². The van der Waals surface area contributed by atoms with Gasteiger partial charge in [0, 0.05) is 35.4 Å². The molecular formula is C33H41N3O8. The molecule has 0 spiro atoms. The summed E-state index contributed by atoms with van der Waals surface area (Å²) in [6.07, 6.45) is 2.61. The molecule has 0 bridgehead atoms. The van der Waals surface area contributed by atoms with Gasteiger partial charge in [0.1, 0.15) is 17.4 Å². The third-order valence-electron chi connectivity index (χ3n) is 10.0. The normalized spacial score (nSPS) is 28.8. The number of hydrogen-bond donors (Lipinski definition) is 5. The van der Waals surface area contributed by atoms with Crippen LogP contribution in [0, 0.1) is 23.7 Å². The molecule has 7 atom stereocenters. The number of pyridine rings is 1. The molecule has 2 saturated carbocycles. The molecule has 0 aliphatic heterocycles. The zero-order valence-electron chi connectivity index (χ0n) is 25.7. The second kappa shape index (κ2) is 11.6. The first kappa shape index (κ1) is 31.6. The Kier molecular flexibility index (Phi) is 8.34. The van der Waals surface area contributed by atoms with Crippen LogP contribution in [-0.4, -0.2) is 86.7 Å². The number of nitrogens with zero attached hydrogens (tertiary/aromatic N) is 2. The summed E-state index contributed by atoms with van der Waals surface area (Å²) in [5.41, 5.74) is 5.32. The highest BCUT2D eigenvalue weighted by Gasteiger charge is 2.67. The molecule has 3 aliphatic rings. The Morgan fingerprint density at radius 1 is 1.25 bits per heavy atom. The zero-order valence-corrected chi connectivity index (χ0v) is 25.7. The largest absolute Gasteiger partial charge is 0.507 e. The number of primary amides is 1. The average Bonchev–Trinajstić information content (AvgIpc) is 2.98. The van der Waals surface area contributed by atoms with Gasteiger partial charge in [-0.1, -0.05) is 20.3 Å². The summed E-state index contributed by atoms with van der Waals surface area (Å²) in [7, 11) is 4.77. The number of Topliss-reactive ketones (excluding diaryl/α,β-unsaturated/α-hetero) is 2. The van der Waals surface area contributed by atoms with E-state index in [0.29, 0.717) is 29.3 Å². The number of aromatic nitrogens is 1. The number of fused-ring (bicyclic) bond motifs is 3. The Balaban J connectivity index is 1.71. The Labute approximate surface area is 256 Å². The number of ketones is 2. The van der Waals surface area contributed by atoms with Crippen molar-refractivity contribution in [1.82, 2.24) is 9.88 Å². The number of benzene rings is 1. The molecule has 2 aromatic rings. The number of ether oxygens (including phenoxy) is 1. The van der Waals surface area contributed by atoms with Gasteiger partial charge in [-0.05, 0) is 80.4 Å². The number of likely N-dealkylation sites (N-methyl/N-ethyl adjacent to an activating group) is 1. The number of aliphatic hydroxyl groups is 3. The first-order chi connectivity index (χ1) is 20.8. The number of carbonyl (C=O) groups is 3. The Morgan fingerprint density at radius 3 is 2.52 bits per heavy atom. The van der Waals surface area contributed by atoms with Gasteiger partial charge in [-0.3, -0.25) is 14.4 Å². The number of aromatic hydroxyl groups is 1. The monoisotopic (exact) mass is 607 g/mol.